The Bertz CT molecular complexity index is 211. The molecule has 0 saturated heterocycles. The molecule has 1 aromatic rings. The van der Waals surface area contributed by atoms with E-state index in [1.165, 1.54) is 57.8 Å². The van der Waals surface area contributed by atoms with Crippen molar-refractivity contribution in [2.75, 3.05) is 0 Å². The molecule has 0 aliphatic rings. The fourth-order valence-electron chi connectivity index (χ4n) is 1.81. The van der Waals surface area contributed by atoms with Crippen LogP contribution in [0.2, 0.25) is 0 Å². The zero-order chi connectivity index (χ0) is 13.3. The van der Waals surface area contributed by atoms with Crippen LogP contribution >= 0.6 is 0 Å². The minimum atomic E-state index is 1.20. The van der Waals surface area contributed by atoms with Gasteiger partial charge < -0.3 is 0 Å². The van der Waals surface area contributed by atoms with Crippen LogP contribution in [0.5, 0.6) is 0 Å². The van der Waals surface area contributed by atoms with Gasteiger partial charge in [-0.15, -0.1) is 6.58 Å². The van der Waals surface area contributed by atoms with E-state index in [1.807, 2.05) is 42.5 Å². The van der Waals surface area contributed by atoms with E-state index in [0.717, 1.165) is 0 Å². The van der Waals surface area contributed by atoms with Gasteiger partial charge in [-0.05, 0) is 12.8 Å². The van der Waals surface area contributed by atoms with Crippen LogP contribution in [-0.2, 0) is 0 Å². The van der Waals surface area contributed by atoms with Crippen molar-refractivity contribution >= 4 is 0 Å². The molecule has 0 saturated carbocycles. The van der Waals surface area contributed by atoms with Gasteiger partial charge in [-0.25, -0.2) is 0 Å². The summed E-state index contributed by atoms with van der Waals surface area (Å²) in [5.41, 5.74) is 0. The monoisotopic (exact) mass is 246 g/mol. The summed E-state index contributed by atoms with van der Waals surface area (Å²) in [4.78, 5) is 0. The Morgan fingerprint density at radius 3 is 1.44 bits per heavy atom. The molecule has 0 spiro atoms. The second-order valence-electron chi connectivity index (χ2n) is 4.71. The molecule has 0 heteroatoms. The van der Waals surface area contributed by atoms with Gasteiger partial charge in [-0.1, -0.05) is 94.3 Å². The number of benzene rings is 1. The van der Waals surface area contributed by atoms with Crippen molar-refractivity contribution in [2.45, 2.75) is 64.7 Å². The van der Waals surface area contributed by atoms with Crippen molar-refractivity contribution in [3.05, 3.63) is 49.1 Å². The van der Waals surface area contributed by atoms with Crippen LogP contribution in [0.4, 0.5) is 0 Å². The van der Waals surface area contributed by atoms with Crippen LogP contribution in [0.3, 0.4) is 0 Å². The van der Waals surface area contributed by atoms with E-state index >= 15 is 0 Å². The molecule has 0 aliphatic carbocycles. The molecule has 0 N–H and O–H groups in total. The Kier molecular flexibility index (Phi) is 15.0. The second-order valence-corrected chi connectivity index (χ2v) is 4.71. The minimum Gasteiger partial charge on any atom is -0.103 e. The fraction of sp³-hybridized carbons (Fsp3) is 0.556. The molecule has 0 aromatic heterocycles. The van der Waals surface area contributed by atoms with Gasteiger partial charge in [0.2, 0.25) is 0 Å². The maximum Gasteiger partial charge on any atom is -0.0353 e. The fourth-order valence-corrected chi connectivity index (χ4v) is 1.81. The first-order valence-corrected chi connectivity index (χ1v) is 7.52. The number of rotatable bonds is 9. The molecule has 0 amide bonds. The number of unbranched alkanes of at least 4 members (excludes halogenated alkanes) is 8. The Balaban J connectivity index is 0.000000397. The normalized spacial score (nSPS) is 9.39. The first-order chi connectivity index (χ1) is 8.91. The number of hydrogen-bond acceptors (Lipinski definition) is 0. The highest BCUT2D eigenvalue weighted by Gasteiger charge is 1.89. The molecule has 0 fully saturated rings. The summed E-state index contributed by atoms with van der Waals surface area (Å²) >= 11 is 0. The lowest BCUT2D eigenvalue weighted by Gasteiger charge is -1.99. The number of allylic oxidation sites excluding steroid dienone is 1. The van der Waals surface area contributed by atoms with Gasteiger partial charge in [0.25, 0.3) is 0 Å². The maximum atomic E-state index is 3.72. The van der Waals surface area contributed by atoms with E-state index < -0.39 is 0 Å². The van der Waals surface area contributed by atoms with E-state index in [0.29, 0.717) is 0 Å². The molecule has 0 aliphatic heterocycles. The predicted octanol–water partition coefficient (Wildman–Crippen LogP) is 6.39. The van der Waals surface area contributed by atoms with Gasteiger partial charge in [0.05, 0.1) is 0 Å². The molecular formula is C18H30. The molecule has 0 nitrogen and oxygen atoms in total. The van der Waals surface area contributed by atoms with Crippen molar-refractivity contribution < 1.29 is 0 Å². The van der Waals surface area contributed by atoms with Crippen LogP contribution in [0.15, 0.2) is 49.1 Å². The highest BCUT2D eigenvalue weighted by molar-refractivity contribution is 4.99. The molecule has 102 valence electrons. The summed E-state index contributed by atoms with van der Waals surface area (Å²) in [6.45, 7) is 5.99. The second kappa shape index (κ2) is 16.0. The van der Waals surface area contributed by atoms with Crippen molar-refractivity contribution in [1.29, 1.82) is 0 Å². The third-order valence-corrected chi connectivity index (χ3v) is 2.93. The van der Waals surface area contributed by atoms with E-state index in [4.69, 9.17) is 0 Å². The summed E-state index contributed by atoms with van der Waals surface area (Å²) in [7, 11) is 0. The largest absolute Gasteiger partial charge is 0.103 e. The SMILES string of the molecule is C=CCCCCCCCCCC.c1ccccc1. The zero-order valence-electron chi connectivity index (χ0n) is 12.1. The van der Waals surface area contributed by atoms with Crippen molar-refractivity contribution in [3.63, 3.8) is 0 Å². The van der Waals surface area contributed by atoms with Crippen molar-refractivity contribution in [1.82, 2.24) is 0 Å². The summed E-state index contributed by atoms with van der Waals surface area (Å²) in [6.07, 6.45) is 14.5. The predicted molar refractivity (Wildman–Crippen MR) is 83.9 cm³/mol. The lowest BCUT2D eigenvalue weighted by molar-refractivity contribution is 0.578. The maximum absolute atomic E-state index is 3.72. The summed E-state index contributed by atoms with van der Waals surface area (Å²) in [5, 5.41) is 0. The molecular weight excluding hydrogens is 216 g/mol. The Labute approximate surface area is 114 Å². The minimum absolute atomic E-state index is 1.20. The van der Waals surface area contributed by atoms with Gasteiger partial charge in [0, 0.05) is 0 Å². The molecule has 0 atom stereocenters. The first-order valence-electron chi connectivity index (χ1n) is 7.52. The third-order valence-electron chi connectivity index (χ3n) is 2.93. The first kappa shape index (κ1) is 17.0. The number of hydrogen-bond donors (Lipinski definition) is 0. The molecule has 0 heterocycles. The Morgan fingerprint density at radius 2 is 1.06 bits per heavy atom. The Morgan fingerprint density at radius 1 is 0.667 bits per heavy atom. The van der Waals surface area contributed by atoms with Crippen LogP contribution in [0.25, 0.3) is 0 Å². The third kappa shape index (κ3) is 15.0. The molecule has 0 radical (unpaired) electrons. The lowest BCUT2D eigenvalue weighted by atomic mass is 10.1. The van der Waals surface area contributed by atoms with Gasteiger partial charge >= 0.3 is 0 Å². The standard InChI is InChI=1S/C12H24.C6H6/c1-3-5-7-9-11-12-10-8-6-4-2;1-2-4-6-5-3-1/h3H,1,4-12H2,2H3;1-6H. The summed E-state index contributed by atoms with van der Waals surface area (Å²) in [6, 6.07) is 12.0. The van der Waals surface area contributed by atoms with Crippen LogP contribution < -0.4 is 0 Å². The zero-order valence-corrected chi connectivity index (χ0v) is 12.1. The molecule has 1 aromatic carbocycles. The van der Waals surface area contributed by atoms with E-state index in [9.17, 15) is 0 Å². The van der Waals surface area contributed by atoms with E-state index in [-0.39, 0.29) is 0 Å². The van der Waals surface area contributed by atoms with Gasteiger partial charge in [-0.3, -0.25) is 0 Å². The topological polar surface area (TPSA) is 0 Å². The van der Waals surface area contributed by atoms with Gasteiger partial charge in [0.15, 0.2) is 0 Å². The smallest absolute Gasteiger partial charge is 0.0353 e. The average Bonchev–Trinajstić information content (AvgIpc) is 2.44. The molecule has 18 heavy (non-hydrogen) atoms. The van der Waals surface area contributed by atoms with Crippen LogP contribution in [-0.4, -0.2) is 0 Å². The highest BCUT2D eigenvalue weighted by atomic mass is 14.0. The van der Waals surface area contributed by atoms with Crippen molar-refractivity contribution in [2.24, 2.45) is 0 Å². The quantitative estimate of drug-likeness (QED) is 0.350. The molecule has 1 rings (SSSR count). The summed E-state index contributed by atoms with van der Waals surface area (Å²) in [5.74, 6) is 0. The van der Waals surface area contributed by atoms with Gasteiger partial charge in [-0.2, -0.15) is 0 Å². The highest BCUT2D eigenvalue weighted by Crippen LogP contribution is 2.09. The van der Waals surface area contributed by atoms with E-state index in [2.05, 4.69) is 13.5 Å². The van der Waals surface area contributed by atoms with Crippen LogP contribution in [0.1, 0.15) is 64.7 Å². The lowest BCUT2D eigenvalue weighted by Crippen LogP contribution is -1.79. The van der Waals surface area contributed by atoms with E-state index in [1.54, 1.807) is 0 Å². The average molecular weight is 246 g/mol. The summed E-state index contributed by atoms with van der Waals surface area (Å²) < 4.78 is 0. The van der Waals surface area contributed by atoms with Crippen molar-refractivity contribution in [3.8, 4) is 0 Å². The Hall–Kier alpha value is -1.04. The van der Waals surface area contributed by atoms with Gasteiger partial charge in [0.1, 0.15) is 0 Å². The molecule has 0 unspecified atom stereocenters. The van der Waals surface area contributed by atoms with Crippen LogP contribution in [0, 0.1) is 0 Å². The molecule has 0 bridgehead atoms.